The van der Waals surface area contributed by atoms with Gasteiger partial charge in [0.25, 0.3) is 0 Å². The van der Waals surface area contributed by atoms with Crippen LogP contribution in [0.1, 0.15) is 63.1 Å². The SMILES string of the molecule is CCC(=O)N(CCC1(c2ccc(C)cc2)CCOC(C(C)C)C1)Cc1ccc(OC)cc1. The van der Waals surface area contributed by atoms with E-state index in [4.69, 9.17) is 9.47 Å². The van der Waals surface area contributed by atoms with E-state index in [1.165, 1.54) is 11.1 Å². The van der Waals surface area contributed by atoms with E-state index in [2.05, 4.69) is 45.0 Å². The first-order chi connectivity index (χ1) is 15.4. The molecule has 0 saturated carbocycles. The number of rotatable bonds is 9. The molecule has 0 aliphatic carbocycles. The Hall–Kier alpha value is -2.33. The molecule has 0 N–H and O–H groups in total. The molecule has 0 radical (unpaired) electrons. The van der Waals surface area contributed by atoms with Crippen LogP contribution in [0.4, 0.5) is 0 Å². The Labute approximate surface area is 193 Å². The molecule has 1 saturated heterocycles. The van der Waals surface area contributed by atoms with Crippen LogP contribution in [-0.4, -0.2) is 37.2 Å². The number of nitrogens with zero attached hydrogens (tertiary/aromatic N) is 1. The average molecular weight is 438 g/mol. The summed E-state index contributed by atoms with van der Waals surface area (Å²) < 4.78 is 11.4. The number of aryl methyl sites for hydroxylation is 1. The van der Waals surface area contributed by atoms with E-state index < -0.39 is 0 Å². The number of ether oxygens (including phenoxy) is 2. The van der Waals surface area contributed by atoms with Crippen molar-refractivity contribution in [2.45, 2.75) is 71.4 Å². The Morgan fingerprint density at radius 3 is 2.44 bits per heavy atom. The maximum atomic E-state index is 12.8. The van der Waals surface area contributed by atoms with Gasteiger partial charge in [0.05, 0.1) is 13.2 Å². The van der Waals surface area contributed by atoms with Gasteiger partial charge in [-0.3, -0.25) is 4.79 Å². The van der Waals surface area contributed by atoms with E-state index in [1.807, 2.05) is 36.1 Å². The number of carbonyl (C=O) groups is 1. The zero-order valence-corrected chi connectivity index (χ0v) is 20.4. The molecule has 3 rings (SSSR count). The zero-order chi connectivity index (χ0) is 23.1. The summed E-state index contributed by atoms with van der Waals surface area (Å²) in [6.45, 7) is 10.7. The van der Waals surface area contributed by atoms with Crippen molar-refractivity contribution < 1.29 is 14.3 Å². The molecule has 2 atom stereocenters. The van der Waals surface area contributed by atoms with Crippen LogP contribution in [0.3, 0.4) is 0 Å². The summed E-state index contributed by atoms with van der Waals surface area (Å²) in [7, 11) is 1.67. The number of hydrogen-bond donors (Lipinski definition) is 0. The maximum absolute atomic E-state index is 12.8. The molecule has 32 heavy (non-hydrogen) atoms. The fourth-order valence-electron chi connectivity index (χ4n) is 4.74. The van der Waals surface area contributed by atoms with E-state index in [0.29, 0.717) is 18.9 Å². The van der Waals surface area contributed by atoms with Crippen molar-refractivity contribution in [3.05, 3.63) is 65.2 Å². The fraction of sp³-hybridized carbons (Fsp3) is 0.536. The molecular formula is C28H39NO3. The van der Waals surface area contributed by atoms with Gasteiger partial charge in [-0.1, -0.05) is 62.7 Å². The second-order valence-corrected chi connectivity index (χ2v) is 9.52. The van der Waals surface area contributed by atoms with Gasteiger partial charge in [0.1, 0.15) is 5.75 Å². The van der Waals surface area contributed by atoms with E-state index in [1.54, 1.807) is 7.11 Å². The highest BCUT2D eigenvalue weighted by atomic mass is 16.5. The number of hydrogen-bond acceptors (Lipinski definition) is 3. The minimum atomic E-state index is 0.0348. The lowest BCUT2D eigenvalue weighted by Crippen LogP contribution is -2.43. The van der Waals surface area contributed by atoms with Crippen LogP contribution in [-0.2, 0) is 21.5 Å². The smallest absolute Gasteiger partial charge is 0.222 e. The first kappa shape index (κ1) is 24.3. The number of carbonyl (C=O) groups excluding carboxylic acids is 1. The number of benzene rings is 2. The van der Waals surface area contributed by atoms with Gasteiger partial charge in [-0.25, -0.2) is 0 Å². The first-order valence-electron chi connectivity index (χ1n) is 12.0. The predicted octanol–water partition coefficient (Wildman–Crippen LogP) is 5.91. The van der Waals surface area contributed by atoms with E-state index in [0.717, 1.165) is 43.7 Å². The van der Waals surface area contributed by atoms with Gasteiger partial charge in [-0.15, -0.1) is 0 Å². The van der Waals surface area contributed by atoms with Crippen molar-refractivity contribution in [2.75, 3.05) is 20.3 Å². The molecule has 1 heterocycles. The Kier molecular flexibility index (Phi) is 8.36. The topological polar surface area (TPSA) is 38.8 Å². The molecule has 2 aromatic carbocycles. The van der Waals surface area contributed by atoms with Crippen LogP contribution in [0, 0.1) is 12.8 Å². The Bertz CT molecular complexity index is 859. The minimum absolute atomic E-state index is 0.0348. The highest BCUT2D eigenvalue weighted by Crippen LogP contribution is 2.42. The predicted molar refractivity (Wildman–Crippen MR) is 130 cm³/mol. The first-order valence-corrected chi connectivity index (χ1v) is 12.0. The Balaban J connectivity index is 1.82. The molecule has 1 aliphatic rings. The van der Waals surface area contributed by atoms with Crippen molar-refractivity contribution in [3.8, 4) is 5.75 Å². The van der Waals surface area contributed by atoms with Gasteiger partial charge in [0, 0.05) is 31.5 Å². The molecule has 4 heteroatoms. The maximum Gasteiger partial charge on any atom is 0.222 e. The van der Waals surface area contributed by atoms with E-state index >= 15 is 0 Å². The summed E-state index contributed by atoms with van der Waals surface area (Å²) in [5.41, 5.74) is 3.82. The standard InChI is InChI=1S/C28H39NO3/c1-6-27(30)29(20-23-9-13-25(31-5)14-10-23)17-15-28(24-11-7-22(4)8-12-24)16-18-32-26(19-28)21(2)3/h7-14,21,26H,6,15-20H2,1-5H3. The summed E-state index contributed by atoms with van der Waals surface area (Å²) in [5, 5.41) is 0. The second-order valence-electron chi connectivity index (χ2n) is 9.52. The lowest BCUT2D eigenvalue weighted by molar-refractivity contribution is -0.132. The lowest BCUT2D eigenvalue weighted by atomic mass is 9.68. The van der Waals surface area contributed by atoms with Crippen LogP contribution < -0.4 is 4.74 Å². The zero-order valence-electron chi connectivity index (χ0n) is 20.4. The van der Waals surface area contributed by atoms with Crippen LogP contribution in [0.5, 0.6) is 5.75 Å². The van der Waals surface area contributed by atoms with Gasteiger partial charge in [0.2, 0.25) is 5.91 Å². The molecule has 4 nitrogen and oxygen atoms in total. The molecule has 2 unspecified atom stereocenters. The van der Waals surface area contributed by atoms with Crippen molar-refractivity contribution in [1.82, 2.24) is 4.90 Å². The fourth-order valence-corrected chi connectivity index (χ4v) is 4.74. The van der Waals surface area contributed by atoms with Crippen LogP contribution >= 0.6 is 0 Å². The summed E-state index contributed by atoms with van der Waals surface area (Å²) >= 11 is 0. The summed E-state index contributed by atoms with van der Waals surface area (Å²) in [6.07, 6.45) is 3.72. The Morgan fingerprint density at radius 2 is 1.84 bits per heavy atom. The highest BCUT2D eigenvalue weighted by Gasteiger charge is 2.39. The average Bonchev–Trinajstić information content (AvgIpc) is 2.82. The van der Waals surface area contributed by atoms with Crippen molar-refractivity contribution in [2.24, 2.45) is 5.92 Å². The van der Waals surface area contributed by atoms with Gasteiger partial charge in [-0.05, 0) is 55.4 Å². The monoisotopic (exact) mass is 437 g/mol. The second kappa shape index (κ2) is 11.0. The van der Waals surface area contributed by atoms with Gasteiger partial charge >= 0.3 is 0 Å². The molecule has 0 aromatic heterocycles. The lowest BCUT2D eigenvalue weighted by Gasteiger charge is -2.44. The van der Waals surface area contributed by atoms with Crippen molar-refractivity contribution >= 4 is 5.91 Å². The Morgan fingerprint density at radius 1 is 1.16 bits per heavy atom. The van der Waals surface area contributed by atoms with Gasteiger partial charge in [-0.2, -0.15) is 0 Å². The van der Waals surface area contributed by atoms with E-state index in [-0.39, 0.29) is 17.4 Å². The third kappa shape index (κ3) is 5.92. The molecule has 2 aromatic rings. The molecule has 0 spiro atoms. The molecular weight excluding hydrogens is 398 g/mol. The third-order valence-corrected chi connectivity index (χ3v) is 6.96. The highest BCUT2D eigenvalue weighted by molar-refractivity contribution is 5.75. The van der Waals surface area contributed by atoms with Gasteiger partial charge < -0.3 is 14.4 Å². The van der Waals surface area contributed by atoms with E-state index in [9.17, 15) is 4.79 Å². The quantitative estimate of drug-likeness (QED) is 0.490. The summed E-state index contributed by atoms with van der Waals surface area (Å²) in [5.74, 6) is 1.52. The molecule has 0 bridgehead atoms. The summed E-state index contributed by atoms with van der Waals surface area (Å²) in [6, 6.07) is 17.0. The third-order valence-electron chi connectivity index (χ3n) is 6.96. The minimum Gasteiger partial charge on any atom is -0.497 e. The molecule has 174 valence electrons. The largest absolute Gasteiger partial charge is 0.497 e. The molecule has 1 amide bonds. The normalized spacial score (nSPS) is 20.9. The number of amides is 1. The van der Waals surface area contributed by atoms with Crippen LogP contribution in [0.2, 0.25) is 0 Å². The molecule has 1 aliphatic heterocycles. The van der Waals surface area contributed by atoms with Crippen molar-refractivity contribution in [3.63, 3.8) is 0 Å². The van der Waals surface area contributed by atoms with Crippen molar-refractivity contribution in [1.29, 1.82) is 0 Å². The summed E-state index contributed by atoms with van der Waals surface area (Å²) in [4.78, 5) is 14.9. The number of methoxy groups -OCH3 is 1. The van der Waals surface area contributed by atoms with Gasteiger partial charge in [0.15, 0.2) is 0 Å². The van der Waals surface area contributed by atoms with Crippen LogP contribution in [0.15, 0.2) is 48.5 Å². The van der Waals surface area contributed by atoms with Crippen LogP contribution in [0.25, 0.3) is 0 Å². The molecule has 1 fully saturated rings.